The molecule has 0 spiro atoms. The summed E-state index contributed by atoms with van der Waals surface area (Å²) in [6.45, 7) is 1.28. The fourth-order valence-corrected chi connectivity index (χ4v) is 3.05. The van der Waals surface area contributed by atoms with Crippen molar-refractivity contribution in [3.8, 4) is 0 Å². The first-order valence-corrected chi connectivity index (χ1v) is 7.34. The lowest BCUT2D eigenvalue weighted by atomic mass is 9.83. The lowest BCUT2D eigenvalue weighted by Crippen LogP contribution is -2.34. The first-order valence-electron chi connectivity index (χ1n) is 7.34. The van der Waals surface area contributed by atoms with E-state index >= 15 is 0 Å². The molecule has 0 saturated heterocycles. The number of carbonyl (C=O) groups is 1. The van der Waals surface area contributed by atoms with E-state index in [1.54, 1.807) is 6.20 Å². The predicted octanol–water partition coefficient (Wildman–Crippen LogP) is 3.53. The van der Waals surface area contributed by atoms with Gasteiger partial charge in [-0.25, -0.2) is 0 Å². The fraction of sp³-hybridized carbons (Fsp3) is 0.167. The number of nitro groups is 1. The van der Waals surface area contributed by atoms with Gasteiger partial charge in [-0.2, -0.15) is 0 Å². The Balaban J connectivity index is 2.23. The molecule has 1 N–H and O–H groups in total. The fourth-order valence-electron chi connectivity index (χ4n) is 3.05. The number of carbonyl (C=O) groups excluding carboxylic acids is 1. The summed E-state index contributed by atoms with van der Waals surface area (Å²) in [5, 5.41) is 12.5. The topological polar surface area (TPSA) is 76.0 Å². The molecule has 1 heterocycles. The number of ketones is 1. The van der Waals surface area contributed by atoms with Gasteiger partial charge in [0, 0.05) is 28.9 Å². The molecule has 0 radical (unpaired) electrons. The molecule has 0 unspecified atom stereocenters. The van der Waals surface area contributed by atoms with Crippen molar-refractivity contribution in [1.82, 2.24) is 4.98 Å². The van der Waals surface area contributed by atoms with Gasteiger partial charge in [0.2, 0.25) is 5.78 Å². The Morgan fingerprint density at radius 1 is 1.09 bits per heavy atom. The second-order valence-corrected chi connectivity index (χ2v) is 5.52. The van der Waals surface area contributed by atoms with Crippen LogP contribution in [0.1, 0.15) is 24.0 Å². The average Bonchev–Trinajstić information content (AvgIpc) is 2.96. The smallest absolute Gasteiger partial charge is 0.280 e. The van der Waals surface area contributed by atoms with Crippen LogP contribution in [0.25, 0.3) is 10.9 Å². The first kappa shape index (κ1) is 15.0. The standard InChI is InChI=1S/C18H16N2O3/c1-12(21)18(20(22)23)17(13-7-3-2-4-8-13)15-11-19-16-10-6-5-9-14(15)16/h2-11,17-19H,1H3/t17-,18-/m0/s1. The summed E-state index contributed by atoms with van der Waals surface area (Å²) in [5.74, 6) is -1.08. The van der Waals surface area contributed by atoms with Gasteiger partial charge < -0.3 is 4.98 Å². The Bertz CT molecular complexity index is 841. The van der Waals surface area contributed by atoms with Crippen molar-refractivity contribution in [3.05, 3.63) is 82.0 Å². The van der Waals surface area contributed by atoms with Crippen LogP contribution in [0.5, 0.6) is 0 Å². The largest absolute Gasteiger partial charge is 0.361 e. The molecule has 5 heteroatoms. The van der Waals surface area contributed by atoms with Crippen molar-refractivity contribution in [2.45, 2.75) is 18.9 Å². The molecule has 23 heavy (non-hydrogen) atoms. The van der Waals surface area contributed by atoms with Crippen molar-refractivity contribution in [3.63, 3.8) is 0 Å². The highest BCUT2D eigenvalue weighted by Crippen LogP contribution is 2.34. The summed E-state index contributed by atoms with van der Waals surface area (Å²) < 4.78 is 0. The molecule has 116 valence electrons. The summed E-state index contributed by atoms with van der Waals surface area (Å²) in [7, 11) is 0. The molecule has 3 rings (SSSR count). The number of Topliss-reactive ketones (excluding diaryl/α,β-unsaturated/α-hetero) is 1. The minimum Gasteiger partial charge on any atom is -0.361 e. The number of hydrogen-bond donors (Lipinski definition) is 1. The van der Waals surface area contributed by atoms with Crippen LogP contribution >= 0.6 is 0 Å². The van der Waals surface area contributed by atoms with Crippen molar-refractivity contribution < 1.29 is 9.72 Å². The number of nitrogens with one attached hydrogen (secondary N) is 1. The molecule has 1 aromatic heterocycles. The van der Waals surface area contributed by atoms with Gasteiger partial charge in [0.15, 0.2) is 0 Å². The summed E-state index contributed by atoms with van der Waals surface area (Å²) in [6, 6.07) is 15.5. The highest BCUT2D eigenvalue weighted by molar-refractivity contribution is 5.87. The van der Waals surface area contributed by atoms with E-state index in [2.05, 4.69) is 4.98 Å². The van der Waals surface area contributed by atoms with Gasteiger partial charge in [0.05, 0.1) is 5.92 Å². The summed E-state index contributed by atoms with van der Waals surface area (Å²) in [5.41, 5.74) is 2.42. The van der Waals surface area contributed by atoms with Gasteiger partial charge in [-0.1, -0.05) is 48.5 Å². The zero-order chi connectivity index (χ0) is 16.4. The van der Waals surface area contributed by atoms with Gasteiger partial charge in [0.1, 0.15) is 0 Å². The van der Waals surface area contributed by atoms with Crippen LogP contribution in [0, 0.1) is 10.1 Å². The third-order valence-corrected chi connectivity index (χ3v) is 4.07. The molecule has 3 aromatic rings. The maximum absolute atomic E-state index is 12.0. The van der Waals surface area contributed by atoms with Gasteiger partial charge >= 0.3 is 0 Å². The van der Waals surface area contributed by atoms with Crippen molar-refractivity contribution in [1.29, 1.82) is 0 Å². The van der Waals surface area contributed by atoms with E-state index in [0.717, 1.165) is 22.0 Å². The van der Waals surface area contributed by atoms with Crippen molar-refractivity contribution >= 4 is 16.7 Å². The van der Waals surface area contributed by atoms with Crippen LogP contribution in [0.3, 0.4) is 0 Å². The minimum atomic E-state index is -1.31. The Hall–Kier alpha value is -2.95. The average molecular weight is 308 g/mol. The van der Waals surface area contributed by atoms with Gasteiger partial charge in [-0.3, -0.25) is 14.9 Å². The van der Waals surface area contributed by atoms with Crippen LogP contribution in [-0.4, -0.2) is 21.7 Å². The predicted molar refractivity (Wildman–Crippen MR) is 88.0 cm³/mol. The Morgan fingerprint density at radius 2 is 1.74 bits per heavy atom. The van der Waals surface area contributed by atoms with Crippen LogP contribution in [0.4, 0.5) is 0 Å². The number of para-hydroxylation sites is 1. The lowest BCUT2D eigenvalue weighted by Gasteiger charge is -2.19. The maximum atomic E-state index is 12.0. The lowest BCUT2D eigenvalue weighted by molar-refractivity contribution is -0.509. The van der Waals surface area contributed by atoms with Gasteiger partial charge in [-0.15, -0.1) is 0 Å². The Morgan fingerprint density at radius 3 is 2.39 bits per heavy atom. The minimum absolute atomic E-state index is 0.450. The van der Waals surface area contributed by atoms with E-state index < -0.39 is 22.7 Å². The number of aromatic nitrogens is 1. The SMILES string of the molecule is CC(=O)[C@@H]([C@@H](c1ccccc1)c1c[nH]c2ccccc12)[N+](=O)[O-]. The first-order chi connectivity index (χ1) is 11.1. The summed E-state index contributed by atoms with van der Waals surface area (Å²) in [4.78, 5) is 26.2. The van der Waals surface area contributed by atoms with E-state index in [1.165, 1.54) is 6.92 Å². The van der Waals surface area contributed by atoms with Crippen LogP contribution < -0.4 is 0 Å². The number of benzene rings is 2. The zero-order valence-corrected chi connectivity index (χ0v) is 12.6. The summed E-state index contributed by atoms with van der Waals surface area (Å²) >= 11 is 0. The molecule has 0 fully saturated rings. The number of H-pyrrole nitrogens is 1. The Labute approximate surface area is 133 Å². The summed E-state index contributed by atoms with van der Waals surface area (Å²) in [6.07, 6.45) is 1.77. The molecule has 5 nitrogen and oxygen atoms in total. The highest BCUT2D eigenvalue weighted by atomic mass is 16.6. The third kappa shape index (κ3) is 2.73. The van der Waals surface area contributed by atoms with Gasteiger partial charge in [-0.05, 0) is 17.2 Å². The van der Waals surface area contributed by atoms with E-state index in [1.807, 2.05) is 54.6 Å². The van der Waals surface area contributed by atoms with Crippen molar-refractivity contribution in [2.24, 2.45) is 0 Å². The van der Waals surface area contributed by atoms with Crippen LogP contribution in [-0.2, 0) is 4.79 Å². The van der Waals surface area contributed by atoms with Crippen LogP contribution in [0.2, 0.25) is 0 Å². The number of aromatic amines is 1. The van der Waals surface area contributed by atoms with Crippen molar-refractivity contribution in [2.75, 3.05) is 0 Å². The number of fused-ring (bicyclic) bond motifs is 1. The molecule has 2 atom stereocenters. The zero-order valence-electron chi connectivity index (χ0n) is 12.6. The maximum Gasteiger partial charge on any atom is 0.280 e. The number of rotatable bonds is 5. The quantitative estimate of drug-likeness (QED) is 0.578. The monoisotopic (exact) mass is 308 g/mol. The van der Waals surface area contributed by atoms with Gasteiger partial charge in [0.25, 0.3) is 6.04 Å². The molecule has 0 bridgehead atoms. The van der Waals surface area contributed by atoms with E-state index in [0.29, 0.717) is 0 Å². The molecular weight excluding hydrogens is 292 g/mol. The second-order valence-electron chi connectivity index (χ2n) is 5.52. The number of nitrogens with zero attached hydrogens (tertiary/aromatic N) is 1. The van der Waals surface area contributed by atoms with E-state index in [9.17, 15) is 14.9 Å². The molecule has 0 aliphatic rings. The molecule has 0 saturated carbocycles. The second kappa shape index (κ2) is 6.04. The highest BCUT2D eigenvalue weighted by Gasteiger charge is 2.39. The third-order valence-electron chi connectivity index (χ3n) is 4.07. The Kier molecular flexibility index (Phi) is 3.93. The molecule has 0 aliphatic carbocycles. The molecular formula is C18H16N2O3. The van der Waals surface area contributed by atoms with E-state index in [-0.39, 0.29) is 0 Å². The normalized spacial score (nSPS) is 13.6. The molecule has 0 amide bonds. The molecule has 2 aromatic carbocycles. The van der Waals surface area contributed by atoms with Crippen LogP contribution in [0.15, 0.2) is 60.8 Å². The van der Waals surface area contributed by atoms with E-state index in [4.69, 9.17) is 0 Å². The molecule has 0 aliphatic heterocycles. The number of hydrogen-bond acceptors (Lipinski definition) is 3.